The number of aromatic amines is 1. The van der Waals surface area contributed by atoms with E-state index in [0.717, 1.165) is 16.5 Å². The molecule has 0 saturated carbocycles. The number of pyridine rings is 2. The van der Waals surface area contributed by atoms with Gasteiger partial charge in [-0.15, -0.1) is 5.10 Å². The van der Waals surface area contributed by atoms with Crippen molar-refractivity contribution in [3.8, 4) is 22.8 Å². The molecule has 0 atom stereocenters. The summed E-state index contributed by atoms with van der Waals surface area (Å²) in [5.74, 6) is 0.190. The molecule has 0 unspecified atom stereocenters. The lowest BCUT2D eigenvalue weighted by molar-refractivity contribution is 0.102. The van der Waals surface area contributed by atoms with Crippen LogP contribution < -0.4 is 5.32 Å². The van der Waals surface area contributed by atoms with E-state index in [0.29, 0.717) is 39.6 Å². The minimum atomic E-state index is -0.395. The van der Waals surface area contributed by atoms with Crippen LogP contribution in [0, 0.1) is 6.92 Å². The van der Waals surface area contributed by atoms with Crippen LogP contribution in [0.2, 0.25) is 0 Å². The van der Waals surface area contributed by atoms with Crippen molar-refractivity contribution < 1.29 is 9.32 Å². The Kier molecular flexibility index (Phi) is 4.58. The highest BCUT2D eigenvalue weighted by Gasteiger charge is 2.21. The van der Waals surface area contributed by atoms with Gasteiger partial charge >= 0.3 is 0 Å². The molecule has 0 bridgehead atoms. The van der Waals surface area contributed by atoms with Gasteiger partial charge in [0.15, 0.2) is 5.82 Å². The Morgan fingerprint density at radius 2 is 1.74 bits per heavy atom. The number of aryl methyl sites for hydroxylation is 1. The third-order valence-electron chi connectivity index (χ3n) is 5.48. The van der Waals surface area contributed by atoms with E-state index < -0.39 is 5.91 Å². The number of fused-ring (bicyclic) bond motifs is 2. The zero-order valence-corrected chi connectivity index (χ0v) is 18.0. The molecule has 4 aromatic heterocycles. The number of hydrogen-bond donors (Lipinski definition) is 2. The van der Waals surface area contributed by atoms with E-state index in [1.807, 2.05) is 66.7 Å². The largest absolute Gasteiger partial charge is 0.335 e. The average Bonchev–Trinajstić information content (AvgIpc) is 3.50. The summed E-state index contributed by atoms with van der Waals surface area (Å²) in [6.07, 6.45) is 0. The van der Waals surface area contributed by atoms with Gasteiger partial charge in [-0.25, -0.2) is 9.97 Å². The summed E-state index contributed by atoms with van der Waals surface area (Å²) in [4.78, 5) is 26.8. The van der Waals surface area contributed by atoms with Crippen LogP contribution in [-0.2, 0) is 0 Å². The molecule has 6 rings (SSSR count). The molecule has 9 heteroatoms. The van der Waals surface area contributed by atoms with Crippen molar-refractivity contribution >= 4 is 33.9 Å². The van der Waals surface area contributed by atoms with Crippen LogP contribution >= 0.6 is 0 Å². The molecule has 0 aliphatic rings. The van der Waals surface area contributed by atoms with E-state index in [4.69, 9.17) is 4.52 Å². The van der Waals surface area contributed by atoms with Gasteiger partial charge in [0.1, 0.15) is 5.69 Å². The Morgan fingerprint density at radius 3 is 2.62 bits per heavy atom. The van der Waals surface area contributed by atoms with Gasteiger partial charge in [0.25, 0.3) is 11.6 Å². The van der Waals surface area contributed by atoms with Gasteiger partial charge in [-0.1, -0.05) is 59.8 Å². The Hall–Kier alpha value is -4.92. The van der Waals surface area contributed by atoms with Crippen LogP contribution in [0.1, 0.15) is 16.1 Å². The fourth-order valence-corrected chi connectivity index (χ4v) is 3.83. The first-order chi connectivity index (χ1) is 16.7. The number of carbonyl (C=O) groups is 1. The Bertz CT molecular complexity index is 1670. The highest BCUT2D eigenvalue weighted by Crippen LogP contribution is 2.27. The zero-order chi connectivity index (χ0) is 23.1. The number of benzene rings is 2. The third-order valence-corrected chi connectivity index (χ3v) is 5.48. The van der Waals surface area contributed by atoms with Crippen LogP contribution in [0.4, 0.5) is 5.95 Å². The zero-order valence-electron chi connectivity index (χ0n) is 18.0. The molecular formula is C25H17N7O2. The summed E-state index contributed by atoms with van der Waals surface area (Å²) in [5, 5.41) is 15.3. The number of amides is 1. The van der Waals surface area contributed by atoms with E-state index in [1.165, 1.54) is 0 Å². The van der Waals surface area contributed by atoms with Crippen molar-refractivity contribution in [2.24, 2.45) is 0 Å². The smallest absolute Gasteiger partial charge is 0.259 e. The van der Waals surface area contributed by atoms with E-state index in [1.54, 1.807) is 13.0 Å². The molecule has 9 nitrogen and oxygen atoms in total. The van der Waals surface area contributed by atoms with Gasteiger partial charge in [-0.2, -0.15) is 4.98 Å². The van der Waals surface area contributed by atoms with Crippen LogP contribution in [0.15, 0.2) is 77.3 Å². The van der Waals surface area contributed by atoms with Crippen molar-refractivity contribution in [1.82, 2.24) is 30.3 Å². The minimum Gasteiger partial charge on any atom is -0.335 e. The highest BCUT2D eigenvalue weighted by atomic mass is 16.5. The van der Waals surface area contributed by atoms with E-state index in [9.17, 15) is 4.79 Å². The van der Waals surface area contributed by atoms with Gasteiger partial charge in [0, 0.05) is 10.9 Å². The second kappa shape index (κ2) is 7.89. The number of nitrogens with one attached hydrogen (secondary N) is 2. The lowest BCUT2D eigenvalue weighted by atomic mass is 10.1. The maximum Gasteiger partial charge on any atom is 0.259 e. The quantitative estimate of drug-likeness (QED) is 0.398. The number of H-pyrrole nitrogens is 1. The molecular weight excluding hydrogens is 430 g/mol. The molecule has 0 spiro atoms. The summed E-state index contributed by atoms with van der Waals surface area (Å²) in [7, 11) is 0. The van der Waals surface area contributed by atoms with E-state index >= 15 is 0 Å². The third kappa shape index (κ3) is 3.45. The van der Waals surface area contributed by atoms with Crippen molar-refractivity contribution in [1.29, 1.82) is 0 Å². The maximum atomic E-state index is 13.3. The molecule has 0 saturated heterocycles. The second-order valence-electron chi connectivity index (χ2n) is 7.72. The maximum absolute atomic E-state index is 13.3. The lowest BCUT2D eigenvalue weighted by Crippen LogP contribution is -2.14. The standard InChI is InChI=1S/C25H17N7O2/c1-14-21-17(13-20(27-24(21)34-32-14)15-7-3-2-4-8-15)23(33)29-25-28-22(30-31-25)19-12-11-16-9-5-6-10-18(16)26-19/h2-13H,1H3,(H2,28,29,30,31,33). The summed E-state index contributed by atoms with van der Waals surface area (Å²) in [5.41, 5.74) is 4.17. The van der Waals surface area contributed by atoms with Gasteiger partial charge in [-0.3, -0.25) is 15.2 Å². The topological polar surface area (TPSA) is 122 Å². The van der Waals surface area contributed by atoms with Gasteiger partial charge in [0.05, 0.1) is 27.9 Å². The Balaban J connectivity index is 1.34. The van der Waals surface area contributed by atoms with Gasteiger partial charge < -0.3 is 4.52 Å². The normalized spacial score (nSPS) is 11.2. The van der Waals surface area contributed by atoms with Crippen molar-refractivity contribution in [3.63, 3.8) is 0 Å². The number of anilines is 1. The van der Waals surface area contributed by atoms with E-state index in [-0.39, 0.29) is 5.95 Å². The minimum absolute atomic E-state index is 0.135. The lowest BCUT2D eigenvalue weighted by Gasteiger charge is -2.06. The number of hydrogen-bond acceptors (Lipinski definition) is 7. The summed E-state index contributed by atoms with van der Waals surface area (Å²) in [6.45, 7) is 1.77. The van der Waals surface area contributed by atoms with Gasteiger partial charge in [0.2, 0.25) is 5.95 Å². The molecule has 0 aliphatic carbocycles. The molecule has 2 N–H and O–H groups in total. The van der Waals surface area contributed by atoms with Gasteiger partial charge in [-0.05, 0) is 25.1 Å². The van der Waals surface area contributed by atoms with Crippen LogP contribution in [0.3, 0.4) is 0 Å². The first-order valence-corrected chi connectivity index (χ1v) is 10.6. The predicted octanol–water partition coefficient (Wildman–Crippen LogP) is 4.78. The molecule has 6 aromatic rings. The predicted molar refractivity (Wildman–Crippen MR) is 127 cm³/mol. The highest BCUT2D eigenvalue weighted by molar-refractivity contribution is 6.12. The Morgan fingerprint density at radius 1 is 0.912 bits per heavy atom. The second-order valence-corrected chi connectivity index (χ2v) is 7.72. The monoisotopic (exact) mass is 447 g/mol. The van der Waals surface area contributed by atoms with E-state index in [2.05, 4.69) is 35.6 Å². The fourth-order valence-electron chi connectivity index (χ4n) is 3.83. The molecule has 164 valence electrons. The first kappa shape index (κ1) is 19.7. The Labute approximate surface area is 192 Å². The number of rotatable bonds is 4. The van der Waals surface area contributed by atoms with Crippen molar-refractivity contribution in [2.75, 3.05) is 5.32 Å². The summed E-state index contributed by atoms with van der Waals surface area (Å²) < 4.78 is 5.36. The first-order valence-electron chi connectivity index (χ1n) is 10.6. The number of para-hydroxylation sites is 1. The molecule has 0 fully saturated rings. The molecule has 0 aliphatic heterocycles. The molecule has 34 heavy (non-hydrogen) atoms. The number of carbonyl (C=O) groups excluding carboxylic acids is 1. The van der Waals surface area contributed by atoms with Crippen molar-refractivity contribution in [3.05, 3.63) is 84.1 Å². The molecule has 2 aromatic carbocycles. The van der Waals surface area contributed by atoms with Crippen molar-refractivity contribution in [2.45, 2.75) is 6.92 Å². The van der Waals surface area contributed by atoms with Crippen LogP contribution in [-0.4, -0.2) is 36.2 Å². The average molecular weight is 447 g/mol. The van der Waals surface area contributed by atoms with Crippen LogP contribution in [0.25, 0.3) is 44.8 Å². The number of nitrogens with zero attached hydrogens (tertiary/aromatic N) is 5. The SMILES string of the molecule is Cc1noc2nc(-c3ccccc3)cc(C(=O)Nc3n[nH]c(-c4ccc5ccccc5n4)n3)c12. The summed E-state index contributed by atoms with van der Waals surface area (Å²) >= 11 is 0. The molecule has 1 amide bonds. The molecule has 0 radical (unpaired) electrons. The summed E-state index contributed by atoms with van der Waals surface area (Å²) in [6, 6.07) is 22.9. The van der Waals surface area contributed by atoms with Crippen LogP contribution in [0.5, 0.6) is 0 Å². The molecule has 4 heterocycles. The number of aromatic nitrogens is 6. The fraction of sp³-hybridized carbons (Fsp3) is 0.0400.